The molecule has 0 saturated carbocycles. The minimum absolute atomic E-state index is 0.205. The van der Waals surface area contributed by atoms with Gasteiger partial charge < -0.3 is 108 Å². The molecular weight excluding hydrogens is 1760 g/mol. The van der Waals surface area contributed by atoms with Crippen molar-refractivity contribution < 1.29 is 88.7 Å². The quantitative estimate of drug-likeness (QED) is 0.0338. The Labute approximate surface area is 796 Å². The van der Waals surface area contributed by atoms with Gasteiger partial charge in [-0.05, 0) is 252 Å². The topological polar surface area (TPSA) is 371 Å². The number of nitrogens with zero attached hydrogens (tertiary/aromatic N) is 12. The van der Waals surface area contributed by atoms with Crippen LogP contribution in [0.5, 0.6) is 34.5 Å². The highest BCUT2D eigenvalue weighted by Gasteiger charge is 2.31. The van der Waals surface area contributed by atoms with Gasteiger partial charge in [0.2, 0.25) is 29.4 Å². The molecule has 0 radical (unpaired) electrons. The summed E-state index contributed by atoms with van der Waals surface area (Å²) in [4.78, 5) is 13.5. The van der Waals surface area contributed by atoms with Gasteiger partial charge in [0.25, 0.3) is 17.7 Å². The van der Waals surface area contributed by atoms with Gasteiger partial charge in [0, 0.05) is 90.3 Å². The molecule has 17 aromatic rings. The summed E-state index contributed by atoms with van der Waals surface area (Å²) in [6.45, 7) is 19.6. The van der Waals surface area contributed by atoms with E-state index in [-0.39, 0.29) is 26.4 Å². The number of fused-ring (bicyclic) bond motifs is 7. The first-order valence-electron chi connectivity index (χ1n) is 48.0. The lowest BCUT2D eigenvalue weighted by Crippen LogP contribution is -2.41. The average Bonchev–Trinajstić information content (AvgIpc) is 1.66. The maximum Gasteiger partial charge on any atom is 0.283 e. The molecule has 4 fully saturated rings. The predicted molar refractivity (Wildman–Crippen MR) is 515 cm³/mol. The van der Waals surface area contributed by atoms with Gasteiger partial charge in [-0.15, -0.1) is 30.6 Å². The molecule has 0 amide bonds. The molecule has 15 heterocycles. The summed E-state index contributed by atoms with van der Waals surface area (Å²) in [6.07, 6.45) is 11.5. The second-order valence-electron chi connectivity index (χ2n) is 36.8. The number of ether oxygens (including phenoxy) is 6. The van der Waals surface area contributed by atoms with Crippen molar-refractivity contribution >= 4 is 54.8 Å². The van der Waals surface area contributed by atoms with E-state index < -0.39 is 24.4 Å². The van der Waals surface area contributed by atoms with Crippen LogP contribution in [-0.4, -0.2) is 223 Å². The first kappa shape index (κ1) is 92.2. The van der Waals surface area contributed by atoms with E-state index in [2.05, 4.69) is 145 Å². The molecule has 6 aliphatic heterocycles. The fourth-order valence-corrected chi connectivity index (χ4v) is 19.6. The number of benzene rings is 8. The van der Waals surface area contributed by atoms with Crippen LogP contribution < -0.4 is 28.4 Å². The molecule has 0 spiro atoms. The Morgan fingerprint density at radius 3 is 1.10 bits per heavy atom. The maximum absolute atomic E-state index is 10.7. The maximum atomic E-state index is 10.7. The number of rotatable bonds is 29. The van der Waals surface area contributed by atoms with Gasteiger partial charge >= 0.3 is 0 Å². The van der Waals surface area contributed by atoms with E-state index in [1.165, 1.54) is 33.4 Å². The minimum Gasteiger partial charge on any atom is -0.493 e. The molecule has 4 N–H and O–H groups in total. The van der Waals surface area contributed by atoms with E-state index in [0.717, 1.165) is 180 Å². The normalized spacial score (nSPS) is 16.9. The van der Waals surface area contributed by atoms with Crippen LogP contribution in [0.3, 0.4) is 0 Å². The van der Waals surface area contributed by atoms with Crippen molar-refractivity contribution in [2.75, 3.05) is 118 Å². The molecule has 9 aromatic heterocycles. The Hall–Kier alpha value is -13.5. The highest BCUT2D eigenvalue weighted by molar-refractivity contribution is 5.90. The second kappa shape index (κ2) is 42.6. The van der Waals surface area contributed by atoms with Crippen molar-refractivity contribution in [2.45, 2.75) is 140 Å². The number of hydrogen-bond acceptors (Lipinski definition) is 31. The van der Waals surface area contributed by atoms with Crippen molar-refractivity contribution in [3.63, 3.8) is 0 Å². The zero-order valence-electron chi connectivity index (χ0n) is 77.9. The van der Waals surface area contributed by atoms with Crippen LogP contribution in [-0.2, 0) is 19.3 Å². The van der Waals surface area contributed by atoms with Gasteiger partial charge in [0.1, 0.15) is 113 Å². The van der Waals surface area contributed by atoms with Crippen LogP contribution in [0.2, 0.25) is 0 Å². The number of aryl methyl sites for hydroxylation is 4. The molecule has 31 heteroatoms. The summed E-state index contributed by atoms with van der Waals surface area (Å²) in [5.41, 5.74) is 11.9. The lowest BCUT2D eigenvalue weighted by Gasteiger charge is -2.33. The Bertz CT molecular complexity index is 6690. The molecule has 138 heavy (non-hydrogen) atoms. The largest absolute Gasteiger partial charge is 0.493 e. The molecule has 4 saturated heterocycles. The second-order valence-corrected chi connectivity index (χ2v) is 36.8. The summed E-state index contributed by atoms with van der Waals surface area (Å²) in [5.74, 6) is 12.5. The third kappa shape index (κ3) is 22.5. The number of piperidine rings is 4. The van der Waals surface area contributed by atoms with E-state index in [4.69, 9.17) is 68.3 Å². The molecule has 0 unspecified atom stereocenters. The minimum atomic E-state index is -0.589. The van der Waals surface area contributed by atoms with Gasteiger partial charge in [0.05, 0.1) is 41.0 Å². The summed E-state index contributed by atoms with van der Waals surface area (Å²) in [5, 5.41) is 74.5. The summed E-state index contributed by atoms with van der Waals surface area (Å²) < 4.78 is 85.5. The number of hydrogen-bond donors (Lipinski definition) is 4. The SMILES string of the molecule is Cc1nc(-c2cc3c(OC[C@@H](O)CN4CCC(c5ccc6c(c5)CCO6)CC4)cccc3o2)no1.Cc1nnc(-c2cc3c(OC[C@@H](O)CN4CCC(Cc5ccccc5)CC4)cccc3o2)o1.Cc1nnc(-c2cc3c(OC[C@@H](O)CN4CCC(c5ccc6c(c5)CCO6)CC4)cccc3o2)o1.Cc1nnc(-c2cc3c(OC[C@@H](O)CN4CCC(c5ccc6occc6c5)CC4)cccc3o2)o1. The number of aliphatic hydroxyl groups excluding tert-OH is 4. The average molecular weight is 1870 g/mol. The highest BCUT2D eigenvalue weighted by Crippen LogP contribution is 2.42. The number of furan rings is 5. The van der Waals surface area contributed by atoms with Gasteiger partial charge in [-0.2, -0.15) is 4.98 Å². The Morgan fingerprint density at radius 1 is 0.355 bits per heavy atom. The Morgan fingerprint density at radius 2 is 0.725 bits per heavy atom. The first-order valence-corrected chi connectivity index (χ1v) is 48.0. The lowest BCUT2D eigenvalue weighted by atomic mass is 9.88. The standard InChI is InChI=1S/C27H29N3O5.C27H27N3O5.C27H29N3O5.C26H29N3O4/c2*1-17-28-29-27(34-17)26-14-22-24(3-2-4-25(22)35-26)33-16-21(31)15-30-10-7-18(8-11-30)19-5-6-23-20(13-19)9-12-32-23;1-17-28-27(29-35-17)26-14-22-24(3-2-4-25(22)34-26)33-16-21(31)15-30-10-7-18(8-11-30)19-5-6-23-20(13-19)9-12-32-23;1-18-27-28-26(32-18)25-15-22-23(8-5-9-24(22)33-25)31-17-21(30)16-29-12-10-20(11-13-29)14-19-6-3-2-4-7-19/h2-6,13-14,18,21,31H,7-12,15-16H2,1H3;2-6,9,12-14,18,21,31H,7-8,10-11,15-16H2,1H3;2-6,13-14,18,21,31H,7-12,15-16H2,1H3;2-9,15,20-21,30H,10-14,16-17H2,1H3/t4*21-/m0000/s1. The first-order chi connectivity index (χ1) is 67.5. The van der Waals surface area contributed by atoms with Crippen molar-refractivity contribution in [1.82, 2.24) is 60.3 Å². The number of β-amino-alcohol motifs (C(OH)–C–C–N with tert-alkyl or cyclic N) is 4. The summed E-state index contributed by atoms with van der Waals surface area (Å²) in [7, 11) is 0. The van der Waals surface area contributed by atoms with Crippen molar-refractivity contribution in [3.05, 3.63) is 251 Å². The van der Waals surface area contributed by atoms with Gasteiger partial charge in [0.15, 0.2) is 23.0 Å². The van der Waals surface area contributed by atoms with E-state index in [0.29, 0.717) is 165 Å². The van der Waals surface area contributed by atoms with Crippen LogP contribution in [0.1, 0.15) is 126 Å². The fourth-order valence-electron chi connectivity index (χ4n) is 19.6. The Balaban J connectivity index is 0.000000113. The van der Waals surface area contributed by atoms with Gasteiger partial charge in [-0.3, -0.25) is 0 Å². The molecule has 716 valence electrons. The molecule has 31 nitrogen and oxygen atoms in total. The highest BCUT2D eigenvalue weighted by atomic mass is 16.5. The summed E-state index contributed by atoms with van der Waals surface area (Å²) in [6, 6.07) is 62.3. The predicted octanol–water partition coefficient (Wildman–Crippen LogP) is 18.3. The monoisotopic (exact) mass is 1870 g/mol. The number of aromatic nitrogens is 8. The molecule has 8 aromatic carbocycles. The third-order valence-electron chi connectivity index (χ3n) is 26.8. The lowest BCUT2D eigenvalue weighted by molar-refractivity contribution is 0.0555. The van der Waals surface area contributed by atoms with Crippen molar-refractivity contribution in [2.24, 2.45) is 5.92 Å². The fraction of sp³-hybridized carbons (Fsp3) is 0.383. The Kier molecular flexibility index (Phi) is 28.5. The smallest absolute Gasteiger partial charge is 0.283 e. The van der Waals surface area contributed by atoms with Crippen molar-refractivity contribution in [3.8, 4) is 81.0 Å². The van der Waals surface area contributed by atoms with Gasteiger partial charge in [-0.1, -0.05) is 90.1 Å². The van der Waals surface area contributed by atoms with Crippen LogP contribution in [0.4, 0.5) is 0 Å². The number of aliphatic hydroxyl groups is 4. The molecule has 4 atom stereocenters. The molecule has 0 aliphatic carbocycles. The zero-order chi connectivity index (χ0) is 94.0. The van der Waals surface area contributed by atoms with E-state index in [9.17, 15) is 20.4 Å². The number of likely N-dealkylation sites (tertiary alicyclic amines) is 4. The molecule has 6 aliphatic rings. The molecule has 23 rings (SSSR count). The summed E-state index contributed by atoms with van der Waals surface area (Å²) >= 11 is 0. The van der Waals surface area contributed by atoms with Crippen molar-refractivity contribution in [1.29, 1.82) is 0 Å². The zero-order valence-corrected chi connectivity index (χ0v) is 77.9. The van der Waals surface area contributed by atoms with Crippen LogP contribution in [0.15, 0.2) is 234 Å². The molecular formula is C107H114N12O19. The van der Waals surface area contributed by atoms with E-state index in [1.54, 1.807) is 34.0 Å². The van der Waals surface area contributed by atoms with Crippen LogP contribution in [0, 0.1) is 33.6 Å². The van der Waals surface area contributed by atoms with E-state index in [1.807, 2.05) is 103 Å². The third-order valence-corrected chi connectivity index (χ3v) is 26.8. The van der Waals surface area contributed by atoms with Crippen LogP contribution in [0.25, 0.3) is 101 Å². The van der Waals surface area contributed by atoms with E-state index >= 15 is 0 Å². The van der Waals surface area contributed by atoms with Gasteiger partial charge in [-0.25, -0.2) is 0 Å². The molecule has 0 bridgehead atoms. The van der Waals surface area contributed by atoms with Crippen LogP contribution >= 0.6 is 0 Å².